The van der Waals surface area contributed by atoms with Crippen LogP contribution in [0.25, 0.3) is 0 Å². The Morgan fingerprint density at radius 3 is 2.30 bits per heavy atom. The van der Waals surface area contributed by atoms with Crippen molar-refractivity contribution >= 4 is 11.9 Å². The summed E-state index contributed by atoms with van der Waals surface area (Å²) >= 11 is 0. The summed E-state index contributed by atoms with van der Waals surface area (Å²) in [4.78, 5) is 24.6. The molecule has 0 saturated carbocycles. The van der Waals surface area contributed by atoms with Gasteiger partial charge in [-0.3, -0.25) is 9.59 Å². The van der Waals surface area contributed by atoms with E-state index in [-0.39, 0.29) is 12.5 Å². The molecule has 0 aromatic rings. The normalized spacial score (nSPS) is 22.2. The first-order chi connectivity index (χ1) is 9.49. The molecule has 0 radical (unpaired) electrons. The van der Waals surface area contributed by atoms with Crippen molar-refractivity contribution < 1.29 is 14.7 Å². The number of carboxylic acids is 1. The van der Waals surface area contributed by atoms with Crippen molar-refractivity contribution in [3.05, 3.63) is 0 Å². The molecular formula is C15H28N2O3. The minimum atomic E-state index is -1.24. The molecule has 5 nitrogen and oxygen atoms in total. The lowest BCUT2D eigenvalue weighted by Gasteiger charge is -2.20. The van der Waals surface area contributed by atoms with Crippen LogP contribution < -0.4 is 5.73 Å². The molecule has 1 saturated heterocycles. The molecule has 5 heteroatoms. The second-order valence-electron chi connectivity index (χ2n) is 5.90. The molecule has 1 aliphatic heterocycles. The van der Waals surface area contributed by atoms with Crippen molar-refractivity contribution in [3.8, 4) is 0 Å². The van der Waals surface area contributed by atoms with Gasteiger partial charge in [0.15, 0.2) is 0 Å². The van der Waals surface area contributed by atoms with Gasteiger partial charge in [-0.2, -0.15) is 0 Å². The number of likely N-dealkylation sites (tertiary alicyclic amines) is 1. The maximum Gasteiger partial charge on any atom is 0.325 e. The van der Waals surface area contributed by atoms with Crippen LogP contribution in [0.1, 0.15) is 64.7 Å². The van der Waals surface area contributed by atoms with Crippen LogP contribution in [0.15, 0.2) is 0 Å². The van der Waals surface area contributed by atoms with E-state index in [9.17, 15) is 9.59 Å². The smallest absolute Gasteiger partial charge is 0.325 e. The minimum absolute atomic E-state index is 0.0483. The second kappa shape index (κ2) is 8.25. The fourth-order valence-corrected chi connectivity index (χ4v) is 2.61. The van der Waals surface area contributed by atoms with E-state index in [0.717, 1.165) is 12.8 Å². The number of hydrogen-bond acceptors (Lipinski definition) is 3. The molecular weight excluding hydrogens is 256 g/mol. The maximum absolute atomic E-state index is 12.0. The molecule has 1 amide bonds. The second-order valence-corrected chi connectivity index (χ2v) is 5.90. The number of rotatable bonds is 9. The molecule has 0 spiro atoms. The van der Waals surface area contributed by atoms with Gasteiger partial charge < -0.3 is 15.7 Å². The van der Waals surface area contributed by atoms with Gasteiger partial charge in [0.2, 0.25) is 5.91 Å². The summed E-state index contributed by atoms with van der Waals surface area (Å²) in [5, 5.41) is 9.03. The molecule has 116 valence electrons. The van der Waals surface area contributed by atoms with E-state index in [2.05, 4.69) is 6.92 Å². The van der Waals surface area contributed by atoms with E-state index >= 15 is 0 Å². The summed E-state index contributed by atoms with van der Waals surface area (Å²) in [5.41, 5.74) is 4.52. The predicted molar refractivity (Wildman–Crippen MR) is 78.4 cm³/mol. The first-order valence-corrected chi connectivity index (χ1v) is 7.79. The zero-order valence-corrected chi connectivity index (χ0v) is 12.6. The highest BCUT2D eigenvalue weighted by atomic mass is 16.4. The first-order valence-electron chi connectivity index (χ1n) is 7.79. The lowest BCUT2D eigenvalue weighted by Crippen LogP contribution is -2.50. The number of aliphatic carboxylic acids is 1. The van der Waals surface area contributed by atoms with Gasteiger partial charge >= 0.3 is 5.97 Å². The van der Waals surface area contributed by atoms with Crippen LogP contribution in [0, 0.1) is 0 Å². The van der Waals surface area contributed by atoms with Gasteiger partial charge in [-0.25, -0.2) is 0 Å². The van der Waals surface area contributed by atoms with Gasteiger partial charge in [-0.15, -0.1) is 0 Å². The van der Waals surface area contributed by atoms with Crippen molar-refractivity contribution in [3.63, 3.8) is 0 Å². The number of nitrogens with zero attached hydrogens (tertiary/aromatic N) is 1. The van der Waals surface area contributed by atoms with Crippen LogP contribution in [0.3, 0.4) is 0 Å². The predicted octanol–water partition coefficient (Wildman–Crippen LogP) is 2.14. The highest BCUT2D eigenvalue weighted by Crippen LogP contribution is 2.20. The molecule has 0 bridgehead atoms. The van der Waals surface area contributed by atoms with Gasteiger partial charge in [-0.1, -0.05) is 45.4 Å². The Bertz CT molecular complexity index is 333. The van der Waals surface area contributed by atoms with Crippen LogP contribution in [0.2, 0.25) is 0 Å². The zero-order chi connectivity index (χ0) is 15.0. The standard InChI is InChI=1S/C15H28N2O3/c1-2-3-4-5-6-7-8-9-13(18)17-11-10-15(16,12-17)14(19)20/h2-12,16H2,1H3,(H,19,20). The molecule has 1 rings (SSSR count). The van der Waals surface area contributed by atoms with Crippen molar-refractivity contribution in [2.24, 2.45) is 5.73 Å². The third-order valence-electron chi connectivity index (χ3n) is 4.07. The van der Waals surface area contributed by atoms with Crippen LogP contribution in [0.5, 0.6) is 0 Å². The fourth-order valence-electron chi connectivity index (χ4n) is 2.61. The lowest BCUT2D eigenvalue weighted by atomic mass is 10.0. The largest absolute Gasteiger partial charge is 0.480 e. The Labute approximate surface area is 121 Å². The van der Waals surface area contributed by atoms with E-state index in [1.54, 1.807) is 4.90 Å². The molecule has 1 aliphatic rings. The van der Waals surface area contributed by atoms with Crippen molar-refractivity contribution in [2.45, 2.75) is 70.3 Å². The van der Waals surface area contributed by atoms with Gasteiger partial charge in [0, 0.05) is 19.5 Å². The molecule has 0 aromatic carbocycles. The molecule has 1 atom stereocenters. The van der Waals surface area contributed by atoms with Crippen molar-refractivity contribution in [1.29, 1.82) is 0 Å². The Hall–Kier alpha value is -1.10. The Morgan fingerprint density at radius 2 is 1.75 bits per heavy atom. The molecule has 0 aliphatic carbocycles. The molecule has 1 unspecified atom stereocenters. The Kier molecular flexibility index (Phi) is 6.99. The summed E-state index contributed by atoms with van der Waals surface area (Å²) in [6, 6.07) is 0. The fraction of sp³-hybridized carbons (Fsp3) is 0.867. The van der Waals surface area contributed by atoms with Gasteiger partial charge in [0.05, 0.1) is 0 Å². The number of carboxylic acid groups (broad SMARTS) is 1. The first kappa shape index (κ1) is 17.0. The van der Waals surface area contributed by atoms with Gasteiger partial charge in [0.1, 0.15) is 5.54 Å². The van der Waals surface area contributed by atoms with E-state index in [1.165, 1.54) is 32.1 Å². The van der Waals surface area contributed by atoms with E-state index in [4.69, 9.17) is 10.8 Å². The highest BCUT2D eigenvalue weighted by Gasteiger charge is 2.42. The number of carbonyl (C=O) groups excluding carboxylic acids is 1. The summed E-state index contributed by atoms with van der Waals surface area (Å²) in [6.45, 7) is 2.82. The third kappa shape index (κ3) is 5.12. The van der Waals surface area contributed by atoms with Crippen molar-refractivity contribution in [1.82, 2.24) is 4.90 Å². The maximum atomic E-state index is 12.0. The number of nitrogens with two attached hydrogens (primary N) is 1. The molecule has 0 aromatic heterocycles. The van der Waals surface area contributed by atoms with E-state index < -0.39 is 11.5 Å². The Balaban J connectivity index is 2.13. The summed E-state index contributed by atoms with van der Waals surface area (Å²) in [7, 11) is 0. The lowest BCUT2D eigenvalue weighted by molar-refractivity contribution is -0.143. The Morgan fingerprint density at radius 1 is 1.15 bits per heavy atom. The van der Waals surface area contributed by atoms with Gasteiger partial charge in [0.25, 0.3) is 0 Å². The summed E-state index contributed by atoms with van der Waals surface area (Å²) in [6.07, 6.45) is 9.10. The number of unbranched alkanes of at least 4 members (excludes halogenated alkanes) is 6. The van der Waals surface area contributed by atoms with Crippen LogP contribution in [-0.4, -0.2) is 40.5 Å². The van der Waals surface area contributed by atoms with Crippen LogP contribution >= 0.6 is 0 Å². The quantitative estimate of drug-likeness (QED) is 0.635. The van der Waals surface area contributed by atoms with E-state index in [1.807, 2.05) is 0 Å². The van der Waals surface area contributed by atoms with E-state index in [0.29, 0.717) is 19.4 Å². The molecule has 20 heavy (non-hydrogen) atoms. The highest BCUT2D eigenvalue weighted by molar-refractivity contribution is 5.83. The van der Waals surface area contributed by atoms with Crippen molar-refractivity contribution in [2.75, 3.05) is 13.1 Å². The number of amides is 1. The average molecular weight is 284 g/mol. The average Bonchev–Trinajstić information content (AvgIpc) is 2.82. The number of hydrogen-bond donors (Lipinski definition) is 2. The number of carbonyl (C=O) groups is 2. The topological polar surface area (TPSA) is 83.6 Å². The minimum Gasteiger partial charge on any atom is -0.480 e. The monoisotopic (exact) mass is 284 g/mol. The third-order valence-corrected chi connectivity index (χ3v) is 4.07. The van der Waals surface area contributed by atoms with Crippen LogP contribution in [-0.2, 0) is 9.59 Å². The summed E-state index contributed by atoms with van der Waals surface area (Å²) in [5.74, 6) is -0.962. The molecule has 3 N–H and O–H groups in total. The zero-order valence-electron chi connectivity index (χ0n) is 12.6. The summed E-state index contributed by atoms with van der Waals surface area (Å²) < 4.78 is 0. The SMILES string of the molecule is CCCCCCCCCC(=O)N1CCC(N)(C(=O)O)C1. The molecule has 1 fully saturated rings. The van der Waals surface area contributed by atoms with Gasteiger partial charge in [-0.05, 0) is 12.8 Å². The van der Waals surface area contributed by atoms with Crippen LogP contribution in [0.4, 0.5) is 0 Å². The molecule has 1 heterocycles.